The molecule has 0 radical (unpaired) electrons. The van der Waals surface area contributed by atoms with E-state index in [2.05, 4.69) is 19.9 Å². The van der Waals surface area contributed by atoms with Crippen LogP contribution in [-0.2, 0) is 0 Å². The zero-order valence-corrected chi connectivity index (χ0v) is 10.1. The number of hydrogen-bond donors (Lipinski definition) is 0. The maximum absolute atomic E-state index is 2.62. The van der Waals surface area contributed by atoms with E-state index in [-0.39, 0.29) is 0 Å². The zero-order valence-electron chi connectivity index (χ0n) is 10.1. The molecule has 0 heterocycles. The molecule has 0 heteroatoms. The average Bonchev–Trinajstić information content (AvgIpc) is 3.00. The summed E-state index contributed by atoms with van der Waals surface area (Å²) >= 11 is 0. The Bertz CT molecular complexity index is 349. The van der Waals surface area contributed by atoms with Crippen LogP contribution in [0.1, 0.15) is 52.4 Å². The molecule has 0 spiro atoms. The summed E-state index contributed by atoms with van der Waals surface area (Å²) in [6, 6.07) is 0. The monoisotopic (exact) mass is 202 g/mol. The van der Waals surface area contributed by atoms with Crippen molar-refractivity contribution in [2.24, 2.45) is 28.6 Å². The SMILES string of the molecule is CC(CC1=CC1)(C1CC1)C1(C)CC2CC21. The Kier molecular flexibility index (Phi) is 1.39. The number of rotatable bonds is 4. The standard InChI is InChI=1S/C15H22/c1-14(12-5-6-12,8-10-3-4-10)15(2)9-11-7-13(11)15/h3,11-13H,4-9H2,1-2H3. The van der Waals surface area contributed by atoms with Gasteiger partial charge in [0.2, 0.25) is 0 Å². The first-order valence-electron chi connectivity index (χ1n) is 6.81. The molecule has 4 atom stereocenters. The third-order valence-electron chi connectivity index (χ3n) is 6.30. The van der Waals surface area contributed by atoms with Crippen LogP contribution in [0.4, 0.5) is 0 Å². The van der Waals surface area contributed by atoms with Gasteiger partial charge in [-0.1, -0.05) is 25.5 Å². The second-order valence-electron chi connectivity index (χ2n) is 7.16. The van der Waals surface area contributed by atoms with Crippen molar-refractivity contribution in [3.8, 4) is 0 Å². The van der Waals surface area contributed by atoms with Crippen LogP contribution in [0.5, 0.6) is 0 Å². The third-order valence-corrected chi connectivity index (χ3v) is 6.30. The predicted molar refractivity (Wildman–Crippen MR) is 62.5 cm³/mol. The molecule has 3 saturated carbocycles. The van der Waals surface area contributed by atoms with Gasteiger partial charge in [-0.15, -0.1) is 0 Å². The largest absolute Gasteiger partial charge is 0.0809 e. The highest BCUT2D eigenvalue weighted by Gasteiger charge is 2.69. The minimum absolute atomic E-state index is 0.674. The summed E-state index contributed by atoms with van der Waals surface area (Å²) in [6.45, 7) is 5.24. The van der Waals surface area contributed by atoms with Crippen LogP contribution < -0.4 is 0 Å². The fourth-order valence-electron chi connectivity index (χ4n) is 4.67. The fourth-order valence-corrected chi connectivity index (χ4v) is 4.67. The molecule has 4 aliphatic carbocycles. The van der Waals surface area contributed by atoms with Crippen LogP contribution in [0.3, 0.4) is 0 Å². The minimum Gasteiger partial charge on any atom is -0.0809 e. The van der Waals surface area contributed by atoms with E-state index in [1.54, 1.807) is 18.4 Å². The van der Waals surface area contributed by atoms with Crippen molar-refractivity contribution in [2.45, 2.75) is 52.4 Å². The smallest absolute Gasteiger partial charge is 0.0136 e. The maximum Gasteiger partial charge on any atom is -0.0136 e. The summed E-state index contributed by atoms with van der Waals surface area (Å²) in [5.74, 6) is 3.36. The van der Waals surface area contributed by atoms with Crippen LogP contribution in [0.25, 0.3) is 0 Å². The highest BCUT2D eigenvalue weighted by molar-refractivity contribution is 5.28. The van der Waals surface area contributed by atoms with E-state index in [9.17, 15) is 0 Å². The van der Waals surface area contributed by atoms with Gasteiger partial charge < -0.3 is 0 Å². The van der Waals surface area contributed by atoms with E-state index < -0.39 is 0 Å². The van der Waals surface area contributed by atoms with Gasteiger partial charge in [0.05, 0.1) is 0 Å². The van der Waals surface area contributed by atoms with E-state index in [1.807, 2.05) is 0 Å². The van der Waals surface area contributed by atoms with Gasteiger partial charge >= 0.3 is 0 Å². The maximum atomic E-state index is 2.62. The van der Waals surface area contributed by atoms with Gasteiger partial charge in [-0.2, -0.15) is 0 Å². The molecule has 0 bridgehead atoms. The van der Waals surface area contributed by atoms with Crippen molar-refractivity contribution in [1.82, 2.24) is 0 Å². The summed E-state index contributed by atoms with van der Waals surface area (Å²) in [5, 5.41) is 0. The van der Waals surface area contributed by atoms with Gasteiger partial charge in [-0.3, -0.25) is 0 Å². The third kappa shape index (κ3) is 1.04. The van der Waals surface area contributed by atoms with Crippen molar-refractivity contribution in [1.29, 1.82) is 0 Å². The van der Waals surface area contributed by atoms with E-state index in [4.69, 9.17) is 0 Å². The Balaban J connectivity index is 1.64. The lowest BCUT2D eigenvalue weighted by molar-refractivity contribution is -0.0412. The molecule has 4 unspecified atom stereocenters. The molecular weight excluding hydrogens is 180 g/mol. The first kappa shape index (κ1) is 8.84. The second kappa shape index (κ2) is 2.36. The molecule has 0 nitrogen and oxygen atoms in total. The Labute approximate surface area is 93.1 Å². The molecule has 0 aliphatic heterocycles. The summed E-state index contributed by atoms with van der Waals surface area (Å²) in [6.07, 6.45) is 11.4. The van der Waals surface area contributed by atoms with Gasteiger partial charge in [-0.05, 0) is 67.1 Å². The van der Waals surface area contributed by atoms with Crippen molar-refractivity contribution < 1.29 is 0 Å². The van der Waals surface area contributed by atoms with Gasteiger partial charge in [0.25, 0.3) is 0 Å². The molecular formula is C15H22. The summed E-state index contributed by atoms with van der Waals surface area (Å²) in [4.78, 5) is 0. The normalized spacial score (nSPS) is 49.9. The van der Waals surface area contributed by atoms with Crippen LogP contribution in [0.15, 0.2) is 11.6 Å². The van der Waals surface area contributed by atoms with Crippen LogP contribution in [0.2, 0.25) is 0 Å². The lowest BCUT2D eigenvalue weighted by Gasteiger charge is -2.53. The van der Waals surface area contributed by atoms with Gasteiger partial charge in [0.1, 0.15) is 0 Å². The lowest BCUT2D eigenvalue weighted by atomic mass is 9.51. The molecule has 82 valence electrons. The first-order valence-corrected chi connectivity index (χ1v) is 6.81. The highest BCUT2D eigenvalue weighted by Crippen LogP contribution is 2.77. The molecule has 0 amide bonds. The lowest BCUT2D eigenvalue weighted by Crippen LogP contribution is -2.46. The molecule has 0 aromatic heterocycles. The Hall–Kier alpha value is -0.260. The van der Waals surface area contributed by atoms with E-state index in [0.717, 1.165) is 23.2 Å². The fraction of sp³-hybridized carbons (Fsp3) is 0.867. The molecule has 0 aromatic carbocycles. The molecule has 3 fully saturated rings. The van der Waals surface area contributed by atoms with E-state index >= 15 is 0 Å². The molecule has 0 aromatic rings. The van der Waals surface area contributed by atoms with Crippen molar-refractivity contribution in [3.05, 3.63) is 11.6 Å². The Morgan fingerprint density at radius 2 is 2.20 bits per heavy atom. The number of hydrogen-bond acceptors (Lipinski definition) is 0. The van der Waals surface area contributed by atoms with Crippen LogP contribution in [0, 0.1) is 28.6 Å². The first-order chi connectivity index (χ1) is 7.13. The molecule has 4 rings (SSSR count). The quantitative estimate of drug-likeness (QED) is 0.600. The zero-order chi connectivity index (χ0) is 10.3. The molecule has 0 N–H and O–H groups in total. The van der Waals surface area contributed by atoms with Gasteiger partial charge in [0.15, 0.2) is 0 Å². The van der Waals surface area contributed by atoms with E-state index in [0.29, 0.717) is 5.41 Å². The summed E-state index contributed by atoms with van der Waals surface area (Å²) < 4.78 is 0. The van der Waals surface area contributed by atoms with Crippen LogP contribution in [-0.4, -0.2) is 0 Å². The summed E-state index contributed by atoms with van der Waals surface area (Å²) in [5.41, 5.74) is 3.17. The van der Waals surface area contributed by atoms with Gasteiger partial charge in [-0.25, -0.2) is 0 Å². The number of fused-ring (bicyclic) bond motifs is 1. The van der Waals surface area contributed by atoms with Crippen molar-refractivity contribution in [3.63, 3.8) is 0 Å². The van der Waals surface area contributed by atoms with Gasteiger partial charge in [0, 0.05) is 0 Å². The summed E-state index contributed by atoms with van der Waals surface area (Å²) in [7, 11) is 0. The predicted octanol–water partition coefficient (Wildman–Crippen LogP) is 4.17. The molecule has 4 aliphatic rings. The average molecular weight is 202 g/mol. The van der Waals surface area contributed by atoms with Crippen molar-refractivity contribution >= 4 is 0 Å². The van der Waals surface area contributed by atoms with Crippen molar-refractivity contribution in [2.75, 3.05) is 0 Å². The minimum atomic E-state index is 0.674. The Morgan fingerprint density at radius 1 is 1.47 bits per heavy atom. The Morgan fingerprint density at radius 3 is 2.60 bits per heavy atom. The number of allylic oxidation sites excluding steroid dienone is 2. The van der Waals surface area contributed by atoms with E-state index in [1.165, 1.54) is 25.7 Å². The molecule has 15 heavy (non-hydrogen) atoms. The second-order valence-corrected chi connectivity index (χ2v) is 7.16. The molecule has 0 saturated heterocycles. The van der Waals surface area contributed by atoms with Crippen LogP contribution >= 0.6 is 0 Å². The topological polar surface area (TPSA) is 0 Å². The highest BCUT2D eigenvalue weighted by atomic mass is 14.7.